The maximum Gasteiger partial charge on any atom is 0.281 e. The second-order valence-corrected chi connectivity index (χ2v) is 8.35. The molecule has 1 heterocycles. The quantitative estimate of drug-likeness (QED) is 0.779. The van der Waals surface area contributed by atoms with Crippen molar-refractivity contribution in [3.8, 4) is 0 Å². The first kappa shape index (κ1) is 22.1. The van der Waals surface area contributed by atoms with E-state index in [1.54, 1.807) is 31.4 Å². The van der Waals surface area contributed by atoms with E-state index in [4.69, 9.17) is 14.4 Å². The van der Waals surface area contributed by atoms with Crippen molar-refractivity contribution in [1.82, 2.24) is 5.06 Å². The maximum absolute atomic E-state index is 12.5. The molecule has 154 valence electrons. The van der Waals surface area contributed by atoms with Crippen LogP contribution < -0.4 is 5.14 Å². The normalized spacial score (nSPS) is 14.9. The highest BCUT2D eigenvalue weighted by Crippen LogP contribution is 2.25. The van der Waals surface area contributed by atoms with Crippen LogP contribution in [0, 0.1) is 13.8 Å². The molecule has 8 heteroatoms. The molecule has 0 bridgehead atoms. The van der Waals surface area contributed by atoms with Crippen LogP contribution in [-0.2, 0) is 14.9 Å². The van der Waals surface area contributed by atoms with E-state index in [2.05, 4.69) is 0 Å². The highest BCUT2D eigenvalue weighted by Gasteiger charge is 2.28. The summed E-state index contributed by atoms with van der Waals surface area (Å²) >= 11 is 0. The zero-order chi connectivity index (χ0) is 20.7. The zero-order valence-electron chi connectivity index (χ0n) is 16.6. The van der Waals surface area contributed by atoms with Crippen LogP contribution in [0.25, 0.3) is 0 Å². The van der Waals surface area contributed by atoms with Crippen LogP contribution in [0.15, 0.2) is 45.7 Å². The molecule has 1 amide bonds. The number of benzene rings is 1. The highest BCUT2D eigenvalue weighted by molar-refractivity contribution is 7.89. The summed E-state index contributed by atoms with van der Waals surface area (Å²) in [6.07, 6.45) is 5.64. The fraction of sp³-hybridized carbons (Fsp3) is 0.450. The lowest BCUT2D eigenvalue weighted by Crippen LogP contribution is -2.40. The molecule has 0 unspecified atom stereocenters. The summed E-state index contributed by atoms with van der Waals surface area (Å²) in [7, 11) is -1.94. The SMILES string of the molecule is CON(C(=O)c1cc(C)oc1C)C1CCCCC1.NS(=O)(=O)c1ccccc1. The second kappa shape index (κ2) is 9.86. The standard InChI is InChI=1S/C14H21NO3.C6H7NO2S/c1-10-9-13(11(2)18-10)14(16)15(17-3)12-7-5-4-6-8-12;7-10(8,9)6-4-2-1-3-5-6/h9,12H,4-8H2,1-3H3;1-5H,(H2,7,8,9). The van der Waals surface area contributed by atoms with Gasteiger partial charge in [0.05, 0.1) is 23.6 Å². The number of hydroxylamine groups is 2. The second-order valence-electron chi connectivity index (χ2n) is 6.79. The number of aryl methyl sites for hydroxylation is 2. The third kappa shape index (κ3) is 5.92. The van der Waals surface area contributed by atoms with Crippen molar-refractivity contribution < 1.29 is 22.5 Å². The van der Waals surface area contributed by atoms with Crippen molar-refractivity contribution in [2.45, 2.75) is 56.9 Å². The van der Waals surface area contributed by atoms with Crippen LogP contribution >= 0.6 is 0 Å². The van der Waals surface area contributed by atoms with E-state index >= 15 is 0 Å². The van der Waals surface area contributed by atoms with E-state index in [0.717, 1.165) is 18.6 Å². The summed E-state index contributed by atoms with van der Waals surface area (Å²) in [6, 6.07) is 9.87. The Balaban J connectivity index is 0.000000237. The third-order valence-electron chi connectivity index (χ3n) is 4.65. The largest absolute Gasteiger partial charge is 0.466 e. The molecule has 1 saturated carbocycles. The van der Waals surface area contributed by atoms with Gasteiger partial charge in [-0.05, 0) is 44.9 Å². The predicted octanol–water partition coefficient (Wildman–Crippen LogP) is 3.57. The van der Waals surface area contributed by atoms with Gasteiger partial charge < -0.3 is 4.42 Å². The zero-order valence-corrected chi connectivity index (χ0v) is 17.4. The lowest BCUT2D eigenvalue weighted by Gasteiger charge is -2.31. The number of amides is 1. The fourth-order valence-corrected chi connectivity index (χ4v) is 3.82. The van der Waals surface area contributed by atoms with Crippen molar-refractivity contribution >= 4 is 15.9 Å². The molecule has 0 aliphatic heterocycles. The number of nitrogens with two attached hydrogens (primary N) is 1. The van der Waals surface area contributed by atoms with Crippen LogP contribution in [0.5, 0.6) is 0 Å². The minimum absolute atomic E-state index is 0.0845. The Morgan fingerprint density at radius 3 is 2.18 bits per heavy atom. The van der Waals surface area contributed by atoms with Crippen molar-refractivity contribution in [2.75, 3.05) is 7.11 Å². The molecule has 0 spiro atoms. The van der Waals surface area contributed by atoms with E-state index in [-0.39, 0.29) is 16.8 Å². The van der Waals surface area contributed by atoms with E-state index in [0.29, 0.717) is 11.3 Å². The lowest BCUT2D eigenvalue weighted by atomic mass is 9.95. The number of hydrogen-bond donors (Lipinski definition) is 1. The van der Waals surface area contributed by atoms with Crippen LogP contribution in [0.4, 0.5) is 0 Å². The van der Waals surface area contributed by atoms with Crippen molar-refractivity contribution in [3.05, 3.63) is 53.5 Å². The van der Waals surface area contributed by atoms with Gasteiger partial charge in [0.25, 0.3) is 5.91 Å². The van der Waals surface area contributed by atoms with E-state index < -0.39 is 10.0 Å². The summed E-state index contributed by atoms with van der Waals surface area (Å²) in [5, 5.41) is 6.35. The summed E-state index contributed by atoms with van der Waals surface area (Å²) in [5.41, 5.74) is 0.611. The monoisotopic (exact) mass is 408 g/mol. The molecule has 3 rings (SSSR count). The van der Waals surface area contributed by atoms with Crippen molar-refractivity contribution in [3.63, 3.8) is 0 Å². The molecular formula is C20H28N2O5S. The Labute approximate surface area is 166 Å². The number of primary sulfonamides is 1. The van der Waals surface area contributed by atoms with E-state index in [9.17, 15) is 13.2 Å². The Morgan fingerprint density at radius 2 is 1.75 bits per heavy atom. The number of carbonyl (C=O) groups is 1. The molecule has 28 heavy (non-hydrogen) atoms. The number of furan rings is 1. The third-order valence-corrected chi connectivity index (χ3v) is 5.58. The van der Waals surface area contributed by atoms with Gasteiger partial charge in [0.2, 0.25) is 10.0 Å². The summed E-state index contributed by atoms with van der Waals surface area (Å²) in [6.45, 7) is 3.66. The van der Waals surface area contributed by atoms with Gasteiger partial charge in [-0.1, -0.05) is 37.5 Å². The Morgan fingerprint density at radius 1 is 1.14 bits per heavy atom. The first-order valence-corrected chi connectivity index (χ1v) is 10.8. The van der Waals surface area contributed by atoms with Gasteiger partial charge in [-0.25, -0.2) is 18.6 Å². The topological polar surface area (TPSA) is 103 Å². The molecular weight excluding hydrogens is 380 g/mol. The van der Waals surface area contributed by atoms with E-state index in [1.807, 2.05) is 13.8 Å². The Bertz CT molecular complexity index is 871. The summed E-state index contributed by atoms with van der Waals surface area (Å²) in [4.78, 5) is 17.9. The summed E-state index contributed by atoms with van der Waals surface area (Å²) < 4.78 is 26.6. The van der Waals surface area contributed by atoms with Crippen LogP contribution in [0.2, 0.25) is 0 Å². The number of carbonyl (C=O) groups excluding carboxylic acids is 1. The molecule has 0 radical (unpaired) electrons. The number of nitrogens with zero attached hydrogens (tertiary/aromatic N) is 1. The Hall–Kier alpha value is -2.16. The summed E-state index contributed by atoms with van der Waals surface area (Å²) in [5.74, 6) is 1.34. The molecule has 1 aromatic carbocycles. The molecule has 2 aromatic rings. The molecule has 1 aliphatic rings. The Kier molecular flexibility index (Phi) is 7.79. The van der Waals surface area contributed by atoms with Crippen LogP contribution in [0.3, 0.4) is 0 Å². The smallest absolute Gasteiger partial charge is 0.281 e. The first-order chi connectivity index (χ1) is 13.2. The molecule has 1 fully saturated rings. The minimum atomic E-state index is -3.50. The van der Waals surface area contributed by atoms with Gasteiger partial charge in [0.15, 0.2) is 0 Å². The van der Waals surface area contributed by atoms with Gasteiger partial charge in [-0.15, -0.1) is 0 Å². The molecule has 0 saturated heterocycles. The number of hydrogen-bond acceptors (Lipinski definition) is 5. The van der Waals surface area contributed by atoms with Gasteiger partial charge in [-0.3, -0.25) is 9.63 Å². The minimum Gasteiger partial charge on any atom is -0.466 e. The van der Waals surface area contributed by atoms with Crippen molar-refractivity contribution in [1.29, 1.82) is 0 Å². The first-order valence-electron chi connectivity index (χ1n) is 9.26. The lowest BCUT2D eigenvalue weighted by molar-refractivity contribution is -0.129. The number of sulfonamides is 1. The van der Waals surface area contributed by atoms with Gasteiger partial charge in [-0.2, -0.15) is 0 Å². The molecule has 7 nitrogen and oxygen atoms in total. The molecule has 2 N–H and O–H groups in total. The predicted molar refractivity (Wildman–Crippen MR) is 106 cm³/mol. The molecule has 1 aliphatic carbocycles. The van der Waals surface area contributed by atoms with Gasteiger partial charge >= 0.3 is 0 Å². The molecule has 0 atom stereocenters. The highest BCUT2D eigenvalue weighted by atomic mass is 32.2. The number of rotatable bonds is 4. The average Bonchev–Trinajstić information content (AvgIpc) is 3.02. The van der Waals surface area contributed by atoms with Gasteiger partial charge in [0, 0.05) is 0 Å². The van der Waals surface area contributed by atoms with E-state index in [1.165, 1.54) is 36.5 Å². The maximum atomic E-state index is 12.5. The fourth-order valence-electron chi connectivity index (χ4n) is 3.29. The molecule has 1 aromatic heterocycles. The van der Waals surface area contributed by atoms with Gasteiger partial charge in [0.1, 0.15) is 11.5 Å². The van der Waals surface area contributed by atoms with Crippen molar-refractivity contribution in [2.24, 2.45) is 5.14 Å². The van der Waals surface area contributed by atoms with Crippen LogP contribution in [-0.4, -0.2) is 32.5 Å². The van der Waals surface area contributed by atoms with Crippen LogP contribution in [0.1, 0.15) is 54.0 Å². The average molecular weight is 409 g/mol.